The Kier molecular flexibility index (Phi) is 5.83. The second-order valence-corrected chi connectivity index (χ2v) is 9.19. The first-order valence-corrected chi connectivity index (χ1v) is 12.0. The standard InChI is InChI=1S/C23H21N3OS.C6H4/c1-5-18-9-10-28-22(18)21-23(24-14-17-7-6-8-19(13-17)27-4)26-16(3)11-15(2)12-20(26)25-21;1-2-5-4-6(5)3-1/h1,6-13,24H,14H2,2-4H3;1-4H. The van der Waals surface area contributed by atoms with Gasteiger partial charge < -0.3 is 10.1 Å². The van der Waals surface area contributed by atoms with E-state index in [0.717, 1.165) is 44.6 Å². The van der Waals surface area contributed by atoms with Gasteiger partial charge in [-0.25, -0.2) is 4.98 Å². The molecule has 3 aromatic heterocycles. The van der Waals surface area contributed by atoms with Crippen molar-refractivity contribution in [1.82, 2.24) is 9.38 Å². The Bertz CT molecular complexity index is 1520. The Morgan fingerprint density at radius 2 is 1.82 bits per heavy atom. The summed E-state index contributed by atoms with van der Waals surface area (Å²) in [6, 6.07) is 22.8. The molecule has 0 radical (unpaired) electrons. The quantitative estimate of drug-likeness (QED) is 0.281. The average Bonchev–Trinajstić information content (AvgIpc) is 3.20. The number of aryl methyl sites for hydroxylation is 2. The number of anilines is 1. The third-order valence-corrected chi connectivity index (χ3v) is 6.71. The zero-order chi connectivity index (χ0) is 23.7. The van der Waals surface area contributed by atoms with E-state index in [1.54, 1.807) is 18.4 Å². The van der Waals surface area contributed by atoms with Gasteiger partial charge in [0, 0.05) is 17.8 Å². The number of thiophene rings is 1. The van der Waals surface area contributed by atoms with Crippen LogP contribution in [0.1, 0.15) is 22.4 Å². The van der Waals surface area contributed by atoms with Crippen LogP contribution in [0.2, 0.25) is 0 Å². The number of pyridine rings is 1. The Morgan fingerprint density at radius 1 is 1.03 bits per heavy atom. The number of rotatable bonds is 5. The number of aromatic nitrogens is 2. The van der Waals surface area contributed by atoms with Crippen LogP contribution in [0.15, 0.2) is 72.1 Å². The van der Waals surface area contributed by atoms with Crippen molar-refractivity contribution in [3.05, 3.63) is 94.5 Å². The molecule has 6 rings (SSSR count). The minimum absolute atomic E-state index is 0.655. The van der Waals surface area contributed by atoms with Crippen LogP contribution < -0.4 is 10.1 Å². The number of nitrogens with one attached hydrogen (secondary N) is 1. The van der Waals surface area contributed by atoms with Crippen molar-refractivity contribution in [2.75, 3.05) is 12.4 Å². The predicted octanol–water partition coefficient (Wildman–Crippen LogP) is 6.95. The number of hydrogen-bond acceptors (Lipinski definition) is 4. The first-order chi connectivity index (χ1) is 16.6. The number of hydrogen-bond donors (Lipinski definition) is 1. The lowest BCUT2D eigenvalue weighted by Crippen LogP contribution is -2.05. The zero-order valence-electron chi connectivity index (χ0n) is 19.4. The Hall–Kier alpha value is -4.01. The number of imidazole rings is 1. The maximum Gasteiger partial charge on any atom is 0.140 e. The molecule has 34 heavy (non-hydrogen) atoms. The molecule has 0 saturated carbocycles. The third kappa shape index (κ3) is 4.28. The largest absolute Gasteiger partial charge is 0.497 e. The van der Waals surface area contributed by atoms with Gasteiger partial charge in [0.05, 0.1) is 12.0 Å². The van der Waals surface area contributed by atoms with Gasteiger partial charge in [0.15, 0.2) is 0 Å². The Balaban J connectivity index is 0.000000343. The minimum Gasteiger partial charge on any atom is -0.497 e. The van der Waals surface area contributed by atoms with E-state index in [4.69, 9.17) is 16.1 Å². The molecule has 2 aliphatic carbocycles. The lowest BCUT2D eigenvalue weighted by atomic mass is 10.2. The summed E-state index contributed by atoms with van der Waals surface area (Å²) in [5.74, 6) is 4.58. The van der Waals surface area contributed by atoms with E-state index in [-0.39, 0.29) is 0 Å². The van der Waals surface area contributed by atoms with Crippen molar-refractivity contribution in [1.29, 1.82) is 0 Å². The molecule has 168 valence electrons. The lowest BCUT2D eigenvalue weighted by molar-refractivity contribution is 0.414. The molecular weight excluding hydrogens is 438 g/mol. The summed E-state index contributed by atoms with van der Waals surface area (Å²) < 4.78 is 7.50. The molecule has 1 aromatic carbocycles. The zero-order valence-corrected chi connectivity index (χ0v) is 20.2. The summed E-state index contributed by atoms with van der Waals surface area (Å²) in [5, 5.41) is 5.60. The van der Waals surface area contributed by atoms with Gasteiger partial charge in [-0.3, -0.25) is 4.40 Å². The average molecular weight is 464 g/mol. The minimum atomic E-state index is 0.655. The Labute approximate surface area is 203 Å². The molecule has 0 aliphatic heterocycles. The van der Waals surface area contributed by atoms with Gasteiger partial charge >= 0.3 is 0 Å². The molecule has 2 aliphatic rings. The van der Waals surface area contributed by atoms with Crippen LogP contribution >= 0.6 is 11.3 Å². The summed E-state index contributed by atoms with van der Waals surface area (Å²) in [6.07, 6.45) is 5.72. The molecule has 0 bridgehead atoms. The van der Waals surface area contributed by atoms with E-state index in [1.165, 1.54) is 16.7 Å². The lowest BCUT2D eigenvalue weighted by Gasteiger charge is -2.11. The highest BCUT2D eigenvalue weighted by Crippen LogP contribution is 2.36. The van der Waals surface area contributed by atoms with E-state index < -0.39 is 0 Å². The third-order valence-electron chi connectivity index (χ3n) is 5.79. The molecule has 0 spiro atoms. The smallest absolute Gasteiger partial charge is 0.140 e. The number of fused-ring (bicyclic) bond motifs is 2. The van der Waals surface area contributed by atoms with Gasteiger partial charge in [0.1, 0.15) is 22.9 Å². The highest BCUT2D eigenvalue weighted by atomic mass is 32.1. The van der Waals surface area contributed by atoms with Gasteiger partial charge in [-0.2, -0.15) is 0 Å². The molecular formula is C29H25N3OS. The van der Waals surface area contributed by atoms with E-state index >= 15 is 0 Å². The van der Waals surface area contributed by atoms with Crippen molar-refractivity contribution in [2.24, 2.45) is 0 Å². The molecule has 5 heteroatoms. The van der Waals surface area contributed by atoms with Gasteiger partial charge in [-0.05, 0) is 77.9 Å². The van der Waals surface area contributed by atoms with Crippen molar-refractivity contribution in [3.63, 3.8) is 0 Å². The van der Waals surface area contributed by atoms with E-state index in [2.05, 4.69) is 71.9 Å². The van der Waals surface area contributed by atoms with E-state index in [0.29, 0.717) is 6.54 Å². The molecule has 0 unspecified atom stereocenters. The number of methoxy groups -OCH3 is 1. The molecule has 4 nitrogen and oxygen atoms in total. The topological polar surface area (TPSA) is 38.6 Å². The van der Waals surface area contributed by atoms with Crippen molar-refractivity contribution in [3.8, 4) is 39.8 Å². The fourth-order valence-corrected chi connectivity index (χ4v) is 4.95. The van der Waals surface area contributed by atoms with Gasteiger partial charge in [0.2, 0.25) is 0 Å². The molecule has 3 heterocycles. The normalized spacial score (nSPS) is 10.9. The van der Waals surface area contributed by atoms with Crippen LogP contribution in [0, 0.1) is 26.2 Å². The van der Waals surface area contributed by atoms with Crippen LogP contribution in [-0.4, -0.2) is 16.5 Å². The van der Waals surface area contributed by atoms with Gasteiger partial charge in [0.25, 0.3) is 0 Å². The SMILES string of the molecule is C#Cc1ccsc1-c1nc2cc(C)cc(C)n2c1NCc1cccc(OC)c1.c1cc2cc-2c1. The van der Waals surface area contributed by atoms with Crippen LogP contribution in [0.25, 0.3) is 27.3 Å². The number of nitrogens with zero attached hydrogens (tertiary/aromatic N) is 2. The summed E-state index contributed by atoms with van der Waals surface area (Å²) in [6.45, 7) is 4.84. The first kappa shape index (κ1) is 21.8. The molecule has 1 N–H and O–H groups in total. The second-order valence-electron chi connectivity index (χ2n) is 8.27. The van der Waals surface area contributed by atoms with Crippen LogP contribution in [0.4, 0.5) is 5.82 Å². The second kappa shape index (κ2) is 9.09. The van der Waals surface area contributed by atoms with Crippen molar-refractivity contribution >= 4 is 22.8 Å². The summed E-state index contributed by atoms with van der Waals surface area (Å²) in [5.41, 5.74) is 8.96. The Morgan fingerprint density at radius 3 is 2.50 bits per heavy atom. The number of benzene rings is 2. The highest BCUT2D eigenvalue weighted by Gasteiger charge is 2.19. The van der Waals surface area contributed by atoms with Crippen molar-refractivity contribution < 1.29 is 4.74 Å². The predicted molar refractivity (Wildman–Crippen MR) is 142 cm³/mol. The van der Waals surface area contributed by atoms with Crippen LogP contribution in [0.3, 0.4) is 0 Å². The fraction of sp³-hybridized carbons (Fsp3) is 0.138. The molecule has 0 amide bonds. The van der Waals surface area contributed by atoms with Gasteiger partial charge in [-0.15, -0.1) is 17.8 Å². The van der Waals surface area contributed by atoms with E-state index in [9.17, 15) is 0 Å². The highest BCUT2D eigenvalue weighted by molar-refractivity contribution is 7.13. The first-order valence-electron chi connectivity index (χ1n) is 11.1. The number of terminal acetylenes is 1. The molecule has 0 saturated heterocycles. The van der Waals surface area contributed by atoms with Crippen molar-refractivity contribution in [2.45, 2.75) is 20.4 Å². The van der Waals surface area contributed by atoms with Crippen LogP contribution in [-0.2, 0) is 6.54 Å². The van der Waals surface area contributed by atoms with E-state index in [1.807, 2.05) is 29.6 Å². The molecule has 0 fully saturated rings. The molecule has 4 aromatic rings. The summed E-state index contributed by atoms with van der Waals surface area (Å²) in [4.78, 5) is 5.93. The maximum absolute atomic E-state index is 5.72. The van der Waals surface area contributed by atoms with Gasteiger partial charge in [-0.1, -0.05) is 36.3 Å². The maximum atomic E-state index is 5.72. The summed E-state index contributed by atoms with van der Waals surface area (Å²) in [7, 11) is 1.68. The number of ether oxygens (including phenoxy) is 1. The monoisotopic (exact) mass is 463 g/mol. The molecule has 0 atom stereocenters. The summed E-state index contributed by atoms with van der Waals surface area (Å²) >= 11 is 1.62. The fourth-order valence-electron chi connectivity index (χ4n) is 4.10. The van der Waals surface area contributed by atoms with Crippen LogP contribution in [0.5, 0.6) is 5.75 Å².